The Morgan fingerprint density at radius 1 is 1.40 bits per heavy atom. The molecule has 0 radical (unpaired) electrons. The summed E-state index contributed by atoms with van der Waals surface area (Å²) in [5.74, 6) is 0. The Kier molecular flexibility index (Phi) is 2.99. The zero-order chi connectivity index (χ0) is 10.9. The van der Waals surface area contributed by atoms with E-state index >= 15 is 0 Å². The van der Waals surface area contributed by atoms with Gasteiger partial charge in [-0.15, -0.1) is 0 Å². The van der Waals surface area contributed by atoms with Gasteiger partial charge in [0.1, 0.15) is 0 Å². The highest BCUT2D eigenvalue weighted by Crippen LogP contribution is 2.49. The molecule has 3 heteroatoms. The van der Waals surface area contributed by atoms with Crippen LogP contribution in [0.3, 0.4) is 0 Å². The molecule has 84 valence electrons. The Balaban J connectivity index is 1.83. The summed E-state index contributed by atoms with van der Waals surface area (Å²) in [6.45, 7) is 6.95. The van der Waals surface area contributed by atoms with E-state index in [0.29, 0.717) is 11.5 Å². The maximum atomic E-state index is 8.79. The molecule has 1 heterocycles. The highest BCUT2D eigenvalue weighted by atomic mass is 15.3. The predicted octanol–water partition coefficient (Wildman–Crippen LogP) is 1.32. The van der Waals surface area contributed by atoms with Gasteiger partial charge in [-0.2, -0.15) is 5.26 Å². The summed E-state index contributed by atoms with van der Waals surface area (Å²) in [7, 11) is 2.20. The van der Waals surface area contributed by atoms with Crippen molar-refractivity contribution >= 4 is 0 Å². The van der Waals surface area contributed by atoms with Crippen molar-refractivity contribution in [1.29, 1.82) is 5.26 Å². The SMILES string of the molecule is CC1CN(CC2(CC#N)CC2)CCN1C. The lowest BCUT2D eigenvalue weighted by atomic mass is 10.0. The molecular formula is C12H21N3. The second-order valence-electron chi connectivity index (χ2n) is 5.40. The normalized spacial score (nSPS) is 31.1. The fourth-order valence-electron chi connectivity index (χ4n) is 2.48. The van der Waals surface area contributed by atoms with Crippen LogP contribution in [-0.2, 0) is 0 Å². The van der Waals surface area contributed by atoms with E-state index in [1.54, 1.807) is 0 Å². The molecule has 0 N–H and O–H groups in total. The van der Waals surface area contributed by atoms with E-state index in [9.17, 15) is 0 Å². The van der Waals surface area contributed by atoms with Crippen LogP contribution in [0.15, 0.2) is 0 Å². The van der Waals surface area contributed by atoms with Crippen LogP contribution < -0.4 is 0 Å². The van der Waals surface area contributed by atoms with Gasteiger partial charge in [-0.05, 0) is 32.2 Å². The molecule has 0 aromatic rings. The van der Waals surface area contributed by atoms with Gasteiger partial charge in [0.25, 0.3) is 0 Å². The lowest BCUT2D eigenvalue weighted by molar-refractivity contribution is 0.0889. The van der Waals surface area contributed by atoms with Gasteiger partial charge in [-0.3, -0.25) is 4.90 Å². The molecule has 1 unspecified atom stereocenters. The van der Waals surface area contributed by atoms with E-state index in [1.807, 2.05) is 0 Å². The molecule has 1 atom stereocenters. The van der Waals surface area contributed by atoms with Crippen molar-refractivity contribution in [2.75, 3.05) is 33.2 Å². The largest absolute Gasteiger partial charge is 0.301 e. The third kappa shape index (κ3) is 2.50. The van der Waals surface area contributed by atoms with Crippen molar-refractivity contribution in [3.63, 3.8) is 0 Å². The van der Waals surface area contributed by atoms with Crippen LogP contribution in [0.4, 0.5) is 0 Å². The fraction of sp³-hybridized carbons (Fsp3) is 0.917. The second-order valence-corrected chi connectivity index (χ2v) is 5.40. The van der Waals surface area contributed by atoms with Gasteiger partial charge in [-0.25, -0.2) is 0 Å². The zero-order valence-corrected chi connectivity index (χ0v) is 9.87. The Hall–Kier alpha value is -0.590. The highest BCUT2D eigenvalue weighted by Gasteiger charge is 2.44. The third-order valence-electron chi connectivity index (χ3n) is 4.01. The molecule has 1 saturated carbocycles. The molecule has 1 saturated heterocycles. The Morgan fingerprint density at radius 2 is 2.13 bits per heavy atom. The van der Waals surface area contributed by atoms with Crippen LogP contribution in [-0.4, -0.2) is 49.1 Å². The van der Waals surface area contributed by atoms with Crippen LogP contribution in [0.5, 0.6) is 0 Å². The number of nitrogens with zero attached hydrogens (tertiary/aromatic N) is 3. The number of likely N-dealkylation sites (N-methyl/N-ethyl adjacent to an activating group) is 1. The van der Waals surface area contributed by atoms with Crippen molar-refractivity contribution in [1.82, 2.24) is 9.80 Å². The number of hydrogen-bond acceptors (Lipinski definition) is 3. The Labute approximate surface area is 92.7 Å². The summed E-state index contributed by atoms with van der Waals surface area (Å²) in [5, 5.41) is 8.79. The summed E-state index contributed by atoms with van der Waals surface area (Å²) in [4.78, 5) is 4.97. The minimum atomic E-state index is 0.379. The average Bonchev–Trinajstić information content (AvgIpc) is 2.92. The first kappa shape index (κ1) is 10.9. The molecule has 2 aliphatic rings. The van der Waals surface area contributed by atoms with Crippen LogP contribution in [0.1, 0.15) is 26.2 Å². The van der Waals surface area contributed by atoms with Gasteiger partial charge >= 0.3 is 0 Å². The maximum Gasteiger partial charge on any atom is 0.0628 e. The van der Waals surface area contributed by atoms with Crippen molar-refractivity contribution in [3.8, 4) is 6.07 Å². The van der Waals surface area contributed by atoms with Crippen molar-refractivity contribution < 1.29 is 0 Å². The van der Waals surface area contributed by atoms with Crippen LogP contribution in [0.2, 0.25) is 0 Å². The van der Waals surface area contributed by atoms with Crippen molar-refractivity contribution in [2.24, 2.45) is 5.41 Å². The molecule has 0 spiro atoms. The Morgan fingerprint density at radius 3 is 2.67 bits per heavy atom. The minimum Gasteiger partial charge on any atom is -0.301 e. The van der Waals surface area contributed by atoms with E-state index < -0.39 is 0 Å². The number of nitriles is 1. The molecule has 0 bridgehead atoms. The first-order valence-corrected chi connectivity index (χ1v) is 5.95. The first-order chi connectivity index (χ1) is 7.15. The smallest absolute Gasteiger partial charge is 0.0628 e. The standard InChI is InChI=1S/C12H21N3/c1-11-9-15(8-7-14(11)2)10-12(3-4-12)5-6-13/h11H,3-5,7-10H2,1-2H3. The topological polar surface area (TPSA) is 30.3 Å². The third-order valence-corrected chi connectivity index (χ3v) is 4.01. The molecular weight excluding hydrogens is 186 g/mol. The van der Waals surface area contributed by atoms with Gasteiger partial charge < -0.3 is 4.90 Å². The van der Waals surface area contributed by atoms with E-state index in [4.69, 9.17) is 5.26 Å². The molecule has 2 fully saturated rings. The van der Waals surface area contributed by atoms with Gasteiger partial charge in [0.05, 0.1) is 6.07 Å². The number of rotatable bonds is 3. The quantitative estimate of drug-likeness (QED) is 0.699. The molecule has 0 amide bonds. The fourth-order valence-corrected chi connectivity index (χ4v) is 2.48. The molecule has 0 aromatic carbocycles. The first-order valence-electron chi connectivity index (χ1n) is 5.95. The van der Waals surface area contributed by atoms with E-state index in [-0.39, 0.29) is 0 Å². The van der Waals surface area contributed by atoms with Gasteiger partial charge in [0, 0.05) is 38.6 Å². The summed E-state index contributed by atoms with van der Waals surface area (Å²) >= 11 is 0. The number of piperazine rings is 1. The number of hydrogen-bond donors (Lipinski definition) is 0. The lowest BCUT2D eigenvalue weighted by Gasteiger charge is -2.39. The van der Waals surface area contributed by atoms with E-state index in [1.165, 1.54) is 32.5 Å². The van der Waals surface area contributed by atoms with Crippen molar-refractivity contribution in [2.45, 2.75) is 32.2 Å². The molecule has 1 aliphatic heterocycles. The Bertz CT molecular complexity index is 265. The minimum absolute atomic E-state index is 0.379. The van der Waals surface area contributed by atoms with Crippen LogP contribution >= 0.6 is 0 Å². The molecule has 1 aliphatic carbocycles. The van der Waals surface area contributed by atoms with Crippen LogP contribution in [0.25, 0.3) is 0 Å². The van der Waals surface area contributed by atoms with Crippen LogP contribution in [0, 0.1) is 16.7 Å². The molecule has 0 aromatic heterocycles. The summed E-state index contributed by atoms with van der Waals surface area (Å²) in [6.07, 6.45) is 3.29. The monoisotopic (exact) mass is 207 g/mol. The highest BCUT2D eigenvalue weighted by molar-refractivity contribution is 5.01. The molecule has 15 heavy (non-hydrogen) atoms. The molecule has 2 rings (SSSR count). The van der Waals surface area contributed by atoms with E-state index in [0.717, 1.165) is 13.0 Å². The second kappa shape index (κ2) is 4.11. The lowest BCUT2D eigenvalue weighted by Crippen LogP contribution is -2.51. The average molecular weight is 207 g/mol. The maximum absolute atomic E-state index is 8.79. The van der Waals surface area contributed by atoms with Gasteiger partial charge in [0.15, 0.2) is 0 Å². The zero-order valence-electron chi connectivity index (χ0n) is 9.87. The van der Waals surface area contributed by atoms with E-state index in [2.05, 4.69) is 29.8 Å². The summed E-state index contributed by atoms with van der Waals surface area (Å²) in [6, 6.07) is 3.01. The summed E-state index contributed by atoms with van der Waals surface area (Å²) < 4.78 is 0. The van der Waals surface area contributed by atoms with Gasteiger partial charge in [0.2, 0.25) is 0 Å². The molecule has 3 nitrogen and oxygen atoms in total. The van der Waals surface area contributed by atoms with Crippen molar-refractivity contribution in [3.05, 3.63) is 0 Å². The van der Waals surface area contributed by atoms with Gasteiger partial charge in [-0.1, -0.05) is 0 Å². The summed E-state index contributed by atoms with van der Waals surface area (Å²) in [5.41, 5.74) is 0.379. The predicted molar refractivity (Wildman–Crippen MR) is 60.4 cm³/mol.